The van der Waals surface area contributed by atoms with Crippen molar-refractivity contribution in [3.63, 3.8) is 0 Å². The Morgan fingerprint density at radius 3 is 2.22 bits per heavy atom. The molecule has 0 amide bonds. The Morgan fingerprint density at radius 2 is 1.78 bits per heavy atom. The molecule has 0 radical (unpaired) electrons. The van der Waals surface area contributed by atoms with Crippen molar-refractivity contribution >= 4 is 0 Å². The first-order chi connectivity index (χ1) is 8.29. The van der Waals surface area contributed by atoms with Gasteiger partial charge in [0, 0.05) is 24.6 Å². The molecule has 2 N–H and O–H groups in total. The summed E-state index contributed by atoms with van der Waals surface area (Å²) < 4.78 is 6.11. The minimum atomic E-state index is -0.112. The van der Waals surface area contributed by atoms with E-state index in [1.54, 1.807) is 0 Å². The molecule has 1 aliphatic carbocycles. The molecule has 3 nitrogen and oxygen atoms in total. The Morgan fingerprint density at radius 1 is 1.17 bits per heavy atom. The number of nitrogens with one attached hydrogen (secondary N) is 1. The molecule has 2 fully saturated rings. The number of aliphatic hydroxyl groups excluding tert-OH is 1. The Hall–Kier alpha value is -0.120. The van der Waals surface area contributed by atoms with E-state index in [4.69, 9.17) is 4.74 Å². The monoisotopic (exact) mass is 255 g/mol. The Bertz CT molecular complexity index is 293. The SMILES string of the molecule is CC1(C)CC(NCC2(CO)CCCC2)C(C)(C)O1. The first-order valence-corrected chi connectivity index (χ1v) is 7.33. The molecule has 1 saturated heterocycles. The highest BCUT2D eigenvalue weighted by Gasteiger charge is 2.46. The number of aliphatic hydroxyl groups is 1. The van der Waals surface area contributed by atoms with E-state index in [0.29, 0.717) is 12.6 Å². The van der Waals surface area contributed by atoms with Crippen LogP contribution in [0.1, 0.15) is 59.8 Å². The van der Waals surface area contributed by atoms with E-state index in [9.17, 15) is 5.11 Å². The predicted octanol–water partition coefficient (Wildman–Crippen LogP) is 2.47. The maximum atomic E-state index is 9.65. The lowest BCUT2D eigenvalue weighted by Crippen LogP contribution is -2.48. The lowest BCUT2D eigenvalue weighted by Gasteiger charge is -2.32. The van der Waals surface area contributed by atoms with Crippen LogP contribution in [-0.2, 0) is 4.74 Å². The number of ether oxygens (including phenoxy) is 1. The van der Waals surface area contributed by atoms with Crippen molar-refractivity contribution in [1.29, 1.82) is 0 Å². The average molecular weight is 255 g/mol. The zero-order valence-corrected chi connectivity index (χ0v) is 12.4. The van der Waals surface area contributed by atoms with Crippen LogP contribution in [0.4, 0.5) is 0 Å². The third-order valence-corrected chi connectivity index (χ3v) is 4.80. The van der Waals surface area contributed by atoms with Crippen LogP contribution in [0.25, 0.3) is 0 Å². The van der Waals surface area contributed by atoms with Gasteiger partial charge in [-0.2, -0.15) is 0 Å². The molecule has 2 aliphatic rings. The summed E-state index contributed by atoms with van der Waals surface area (Å²) in [7, 11) is 0. The molecule has 0 spiro atoms. The number of rotatable bonds is 4. The normalized spacial score (nSPS) is 32.8. The highest BCUT2D eigenvalue weighted by Crippen LogP contribution is 2.40. The van der Waals surface area contributed by atoms with Crippen LogP contribution in [0.15, 0.2) is 0 Å². The second kappa shape index (κ2) is 4.77. The molecule has 1 unspecified atom stereocenters. The topological polar surface area (TPSA) is 41.5 Å². The molecule has 0 bridgehead atoms. The molecule has 2 rings (SSSR count). The molecule has 1 saturated carbocycles. The van der Waals surface area contributed by atoms with Crippen molar-refractivity contribution < 1.29 is 9.84 Å². The van der Waals surface area contributed by atoms with Crippen LogP contribution in [0.2, 0.25) is 0 Å². The minimum Gasteiger partial charge on any atom is -0.396 e. The van der Waals surface area contributed by atoms with Crippen LogP contribution in [0.3, 0.4) is 0 Å². The van der Waals surface area contributed by atoms with E-state index in [2.05, 4.69) is 33.0 Å². The maximum Gasteiger partial charge on any atom is 0.0787 e. The van der Waals surface area contributed by atoms with Crippen LogP contribution < -0.4 is 5.32 Å². The molecule has 106 valence electrons. The van der Waals surface area contributed by atoms with Gasteiger partial charge in [-0.15, -0.1) is 0 Å². The van der Waals surface area contributed by atoms with Gasteiger partial charge in [0.25, 0.3) is 0 Å². The molecule has 0 aromatic carbocycles. The summed E-state index contributed by atoms with van der Waals surface area (Å²) in [5.41, 5.74) is -0.0230. The molecule has 0 aromatic heterocycles. The van der Waals surface area contributed by atoms with E-state index >= 15 is 0 Å². The quantitative estimate of drug-likeness (QED) is 0.811. The van der Waals surface area contributed by atoms with Crippen LogP contribution >= 0.6 is 0 Å². The maximum absolute atomic E-state index is 9.65. The minimum absolute atomic E-state index is 0.0385. The summed E-state index contributed by atoms with van der Waals surface area (Å²) in [5, 5.41) is 13.3. The highest BCUT2D eigenvalue weighted by atomic mass is 16.5. The van der Waals surface area contributed by atoms with Crippen molar-refractivity contribution in [2.75, 3.05) is 13.2 Å². The molecule has 1 heterocycles. The van der Waals surface area contributed by atoms with Crippen molar-refractivity contribution in [2.45, 2.75) is 77.0 Å². The lowest BCUT2D eigenvalue weighted by molar-refractivity contribution is -0.0705. The average Bonchev–Trinajstić information content (AvgIpc) is 2.78. The second-order valence-corrected chi connectivity index (χ2v) is 7.47. The fourth-order valence-corrected chi connectivity index (χ4v) is 3.74. The Labute approximate surface area is 111 Å². The fourth-order valence-electron chi connectivity index (χ4n) is 3.74. The largest absolute Gasteiger partial charge is 0.396 e. The van der Waals surface area contributed by atoms with E-state index in [1.807, 2.05) is 0 Å². The van der Waals surface area contributed by atoms with Gasteiger partial charge < -0.3 is 15.2 Å². The third kappa shape index (κ3) is 2.89. The summed E-state index contributed by atoms with van der Waals surface area (Å²) >= 11 is 0. The second-order valence-electron chi connectivity index (χ2n) is 7.47. The van der Waals surface area contributed by atoms with Crippen molar-refractivity contribution in [3.8, 4) is 0 Å². The van der Waals surface area contributed by atoms with Crippen LogP contribution in [-0.4, -0.2) is 35.5 Å². The first-order valence-electron chi connectivity index (χ1n) is 7.33. The molecule has 18 heavy (non-hydrogen) atoms. The fraction of sp³-hybridized carbons (Fsp3) is 1.00. The van der Waals surface area contributed by atoms with Gasteiger partial charge in [-0.3, -0.25) is 0 Å². The van der Waals surface area contributed by atoms with Gasteiger partial charge in [-0.1, -0.05) is 12.8 Å². The lowest BCUT2D eigenvalue weighted by atomic mass is 9.85. The smallest absolute Gasteiger partial charge is 0.0787 e. The van der Waals surface area contributed by atoms with Gasteiger partial charge in [0.15, 0.2) is 0 Å². The highest BCUT2D eigenvalue weighted by molar-refractivity contribution is 5.00. The van der Waals surface area contributed by atoms with Crippen molar-refractivity contribution in [3.05, 3.63) is 0 Å². The van der Waals surface area contributed by atoms with Crippen molar-refractivity contribution in [2.24, 2.45) is 5.41 Å². The molecule has 0 aromatic rings. The van der Waals surface area contributed by atoms with Gasteiger partial charge >= 0.3 is 0 Å². The zero-order valence-electron chi connectivity index (χ0n) is 12.4. The molecular weight excluding hydrogens is 226 g/mol. The molecular formula is C15H29NO2. The van der Waals surface area contributed by atoms with Gasteiger partial charge in [0.2, 0.25) is 0 Å². The zero-order chi connectivity index (χ0) is 13.4. The summed E-state index contributed by atoms with van der Waals surface area (Å²) in [4.78, 5) is 0. The molecule has 3 heteroatoms. The standard InChI is InChI=1S/C15H29NO2/c1-13(2)9-12(14(3,4)18-13)16-10-15(11-17)7-5-6-8-15/h12,16-17H,5-11H2,1-4H3. The van der Waals surface area contributed by atoms with Gasteiger partial charge in [0.05, 0.1) is 11.2 Å². The predicted molar refractivity (Wildman–Crippen MR) is 73.6 cm³/mol. The van der Waals surface area contributed by atoms with E-state index < -0.39 is 0 Å². The van der Waals surface area contributed by atoms with E-state index in [0.717, 1.165) is 25.8 Å². The van der Waals surface area contributed by atoms with Gasteiger partial charge in [0.1, 0.15) is 0 Å². The Balaban J connectivity index is 1.94. The number of hydrogen-bond acceptors (Lipinski definition) is 3. The van der Waals surface area contributed by atoms with E-state index in [1.165, 1.54) is 12.8 Å². The molecule has 1 atom stereocenters. The van der Waals surface area contributed by atoms with Crippen molar-refractivity contribution in [1.82, 2.24) is 5.32 Å². The van der Waals surface area contributed by atoms with Crippen LogP contribution in [0.5, 0.6) is 0 Å². The summed E-state index contributed by atoms with van der Waals surface area (Å²) in [6, 6.07) is 0.386. The molecule has 1 aliphatic heterocycles. The number of hydrogen-bond donors (Lipinski definition) is 2. The first kappa shape index (κ1) is 14.3. The van der Waals surface area contributed by atoms with E-state index in [-0.39, 0.29) is 16.6 Å². The van der Waals surface area contributed by atoms with Crippen LogP contribution in [0, 0.1) is 5.41 Å². The van der Waals surface area contributed by atoms with Gasteiger partial charge in [-0.25, -0.2) is 0 Å². The third-order valence-electron chi connectivity index (χ3n) is 4.80. The Kier molecular flexibility index (Phi) is 3.79. The summed E-state index contributed by atoms with van der Waals surface area (Å²) in [6.07, 6.45) is 5.89. The van der Waals surface area contributed by atoms with Gasteiger partial charge in [-0.05, 0) is 47.0 Å². The summed E-state index contributed by atoms with van der Waals surface area (Å²) in [5.74, 6) is 0. The summed E-state index contributed by atoms with van der Waals surface area (Å²) in [6.45, 7) is 9.90.